The molecule has 0 bridgehead atoms. The number of rotatable bonds is 4. The zero-order valence-electron chi connectivity index (χ0n) is 13.0. The molecule has 0 radical (unpaired) electrons. The molecule has 118 valence electrons. The van der Waals surface area contributed by atoms with Crippen molar-refractivity contribution in [2.75, 3.05) is 18.0 Å². The lowest BCUT2D eigenvalue weighted by Gasteiger charge is -2.28. The van der Waals surface area contributed by atoms with Crippen molar-refractivity contribution in [2.45, 2.75) is 19.3 Å². The number of benzene rings is 1. The number of nitrogens with zero attached hydrogens (tertiary/aromatic N) is 3. The highest BCUT2D eigenvalue weighted by atomic mass is 16.2. The quantitative estimate of drug-likeness (QED) is 0.698. The number of hydrazone groups is 1. The highest BCUT2D eigenvalue weighted by Gasteiger charge is 2.10. The van der Waals surface area contributed by atoms with E-state index in [1.54, 1.807) is 30.7 Å². The van der Waals surface area contributed by atoms with Crippen molar-refractivity contribution in [2.24, 2.45) is 5.10 Å². The Balaban J connectivity index is 1.56. The Kier molecular flexibility index (Phi) is 4.99. The van der Waals surface area contributed by atoms with Crippen LogP contribution in [0.4, 0.5) is 5.69 Å². The zero-order chi connectivity index (χ0) is 15.9. The third kappa shape index (κ3) is 4.16. The van der Waals surface area contributed by atoms with Gasteiger partial charge in [0.15, 0.2) is 0 Å². The van der Waals surface area contributed by atoms with Gasteiger partial charge in [0.05, 0.1) is 6.21 Å². The third-order valence-electron chi connectivity index (χ3n) is 3.94. The van der Waals surface area contributed by atoms with E-state index in [0.717, 1.165) is 18.7 Å². The van der Waals surface area contributed by atoms with Crippen LogP contribution in [0.2, 0.25) is 0 Å². The molecule has 1 fully saturated rings. The van der Waals surface area contributed by atoms with Gasteiger partial charge >= 0.3 is 0 Å². The van der Waals surface area contributed by atoms with Crippen LogP contribution >= 0.6 is 0 Å². The molecular formula is C18H20N4O. The number of nitrogens with one attached hydrogen (secondary N) is 1. The molecule has 1 aliphatic heterocycles. The molecule has 1 aliphatic rings. The molecule has 2 heterocycles. The molecule has 0 aliphatic carbocycles. The van der Waals surface area contributed by atoms with Gasteiger partial charge in [-0.05, 0) is 49.1 Å². The lowest BCUT2D eigenvalue weighted by atomic mass is 10.1. The molecule has 5 nitrogen and oxygen atoms in total. The van der Waals surface area contributed by atoms with Gasteiger partial charge in [0.2, 0.25) is 0 Å². The van der Waals surface area contributed by atoms with Gasteiger partial charge in [0, 0.05) is 36.7 Å². The predicted octanol–water partition coefficient (Wildman–Crippen LogP) is 2.84. The Morgan fingerprint density at radius 2 is 1.74 bits per heavy atom. The maximum atomic E-state index is 11.8. The van der Waals surface area contributed by atoms with E-state index in [1.807, 2.05) is 12.1 Å². The molecule has 2 aromatic rings. The molecule has 23 heavy (non-hydrogen) atoms. The monoisotopic (exact) mass is 308 g/mol. The van der Waals surface area contributed by atoms with Gasteiger partial charge in [-0.1, -0.05) is 12.1 Å². The van der Waals surface area contributed by atoms with Crippen LogP contribution in [0.3, 0.4) is 0 Å². The van der Waals surface area contributed by atoms with E-state index < -0.39 is 0 Å². The number of carbonyl (C=O) groups is 1. The maximum absolute atomic E-state index is 11.8. The Labute approximate surface area is 136 Å². The number of hydrogen-bond donors (Lipinski definition) is 1. The van der Waals surface area contributed by atoms with Gasteiger partial charge in [0.25, 0.3) is 5.91 Å². The van der Waals surface area contributed by atoms with Crippen molar-refractivity contribution in [1.82, 2.24) is 10.4 Å². The fraction of sp³-hybridized carbons (Fsp3) is 0.278. The molecule has 3 rings (SSSR count). The number of amides is 1. The molecule has 0 spiro atoms. The first-order chi connectivity index (χ1) is 11.3. The van der Waals surface area contributed by atoms with E-state index in [2.05, 4.69) is 32.5 Å². The smallest absolute Gasteiger partial charge is 0.271 e. The van der Waals surface area contributed by atoms with Gasteiger partial charge in [0.1, 0.15) is 0 Å². The summed E-state index contributed by atoms with van der Waals surface area (Å²) in [6, 6.07) is 11.6. The summed E-state index contributed by atoms with van der Waals surface area (Å²) in [6.45, 7) is 2.27. The van der Waals surface area contributed by atoms with E-state index in [0.29, 0.717) is 5.56 Å². The number of piperidine rings is 1. The van der Waals surface area contributed by atoms with Gasteiger partial charge in [-0.2, -0.15) is 5.10 Å². The second-order valence-electron chi connectivity index (χ2n) is 5.57. The average Bonchev–Trinajstić information content (AvgIpc) is 2.64. The molecule has 1 aromatic heterocycles. The van der Waals surface area contributed by atoms with Crippen molar-refractivity contribution in [1.29, 1.82) is 0 Å². The minimum atomic E-state index is -0.242. The van der Waals surface area contributed by atoms with E-state index in [4.69, 9.17) is 0 Å². The van der Waals surface area contributed by atoms with E-state index in [1.165, 1.54) is 24.9 Å². The van der Waals surface area contributed by atoms with Crippen LogP contribution in [0.1, 0.15) is 35.2 Å². The molecule has 0 saturated carbocycles. The normalized spacial score (nSPS) is 14.9. The summed E-state index contributed by atoms with van der Waals surface area (Å²) in [5, 5.41) is 4.00. The van der Waals surface area contributed by atoms with Crippen molar-refractivity contribution in [3.63, 3.8) is 0 Å². The predicted molar refractivity (Wildman–Crippen MR) is 91.8 cm³/mol. The standard InChI is InChI=1S/C18H20N4O/c23-18(16-8-10-19-11-9-16)21-20-14-15-4-6-17(7-5-15)22-12-2-1-3-13-22/h4-11,14H,1-3,12-13H2,(H,21,23). The first-order valence-corrected chi connectivity index (χ1v) is 7.91. The molecule has 1 saturated heterocycles. The number of pyridine rings is 1. The minimum absolute atomic E-state index is 0.242. The van der Waals surface area contributed by atoms with Crippen LogP contribution in [0, 0.1) is 0 Å². The highest BCUT2D eigenvalue weighted by Crippen LogP contribution is 2.19. The van der Waals surface area contributed by atoms with Crippen LogP contribution in [-0.2, 0) is 0 Å². The second kappa shape index (κ2) is 7.54. The fourth-order valence-corrected chi connectivity index (χ4v) is 2.66. The third-order valence-corrected chi connectivity index (χ3v) is 3.94. The Morgan fingerprint density at radius 3 is 2.43 bits per heavy atom. The molecule has 1 N–H and O–H groups in total. The summed E-state index contributed by atoms with van der Waals surface area (Å²) in [5.41, 5.74) is 5.27. The van der Waals surface area contributed by atoms with Gasteiger partial charge in [-0.15, -0.1) is 0 Å². The van der Waals surface area contributed by atoms with E-state index in [9.17, 15) is 4.79 Å². The van der Waals surface area contributed by atoms with Crippen molar-refractivity contribution in [3.05, 3.63) is 59.9 Å². The van der Waals surface area contributed by atoms with Crippen molar-refractivity contribution in [3.8, 4) is 0 Å². The van der Waals surface area contributed by atoms with Gasteiger partial charge in [-0.3, -0.25) is 9.78 Å². The number of anilines is 1. The number of carbonyl (C=O) groups excluding carboxylic acids is 1. The lowest BCUT2D eigenvalue weighted by molar-refractivity contribution is 0.0955. The van der Waals surface area contributed by atoms with Crippen molar-refractivity contribution >= 4 is 17.8 Å². The first kappa shape index (κ1) is 15.2. The molecule has 5 heteroatoms. The number of aromatic nitrogens is 1. The molecule has 1 aromatic carbocycles. The summed E-state index contributed by atoms with van der Waals surface area (Å²) in [7, 11) is 0. The van der Waals surface area contributed by atoms with E-state index in [-0.39, 0.29) is 5.91 Å². The van der Waals surface area contributed by atoms with Gasteiger partial charge in [-0.25, -0.2) is 5.43 Å². The van der Waals surface area contributed by atoms with Crippen LogP contribution in [0.5, 0.6) is 0 Å². The molecular weight excluding hydrogens is 288 g/mol. The Hall–Kier alpha value is -2.69. The second-order valence-corrected chi connectivity index (χ2v) is 5.57. The lowest BCUT2D eigenvalue weighted by Crippen LogP contribution is -2.29. The Bertz CT molecular complexity index is 661. The zero-order valence-corrected chi connectivity index (χ0v) is 13.0. The van der Waals surface area contributed by atoms with E-state index >= 15 is 0 Å². The fourth-order valence-electron chi connectivity index (χ4n) is 2.66. The summed E-state index contributed by atoms with van der Waals surface area (Å²) < 4.78 is 0. The van der Waals surface area contributed by atoms with Crippen LogP contribution in [0.25, 0.3) is 0 Å². The number of hydrogen-bond acceptors (Lipinski definition) is 4. The first-order valence-electron chi connectivity index (χ1n) is 7.91. The summed E-state index contributed by atoms with van der Waals surface area (Å²) in [6.07, 6.45) is 8.68. The average molecular weight is 308 g/mol. The summed E-state index contributed by atoms with van der Waals surface area (Å²) in [4.78, 5) is 18.1. The Morgan fingerprint density at radius 1 is 1.04 bits per heavy atom. The molecule has 0 atom stereocenters. The largest absolute Gasteiger partial charge is 0.372 e. The topological polar surface area (TPSA) is 57.6 Å². The van der Waals surface area contributed by atoms with Crippen LogP contribution in [0.15, 0.2) is 53.9 Å². The highest BCUT2D eigenvalue weighted by molar-refractivity contribution is 5.94. The maximum Gasteiger partial charge on any atom is 0.271 e. The van der Waals surface area contributed by atoms with Crippen LogP contribution < -0.4 is 10.3 Å². The SMILES string of the molecule is O=C(NN=Cc1ccc(N2CCCCC2)cc1)c1ccncc1. The molecule has 1 amide bonds. The van der Waals surface area contributed by atoms with Crippen molar-refractivity contribution < 1.29 is 4.79 Å². The molecule has 0 unspecified atom stereocenters. The van der Waals surface area contributed by atoms with Crippen LogP contribution in [-0.4, -0.2) is 30.2 Å². The summed E-state index contributed by atoms with van der Waals surface area (Å²) in [5.74, 6) is -0.242. The van der Waals surface area contributed by atoms with Gasteiger partial charge < -0.3 is 4.90 Å². The minimum Gasteiger partial charge on any atom is -0.372 e. The summed E-state index contributed by atoms with van der Waals surface area (Å²) >= 11 is 0.